The van der Waals surface area contributed by atoms with Crippen LogP contribution in [0.3, 0.4) is 0 Å². The molecule has 3 heteroatoms. The Balaban J connectivity index is 1.38. The van der Waals surface area contributed by atoms with Crippen molar-refractivity contribution in [2.24, 2.45) is 0 Å². The van der Waals surface area contributed by atoms with Gasteiger partial charge in [-0.2, -0.15) is 0 Å². The summed E-state index contributed by atoms with van der Waals surface area (Å²) in [6.45, 7) is 0. The Morgan fingerprint density at radius 1 is 0.531 bits per heavy atom. The third-order valence-electron chi connectivity index (χ3n) is 6.40. The van der Waals surface area contributed by atoms with Crippen molar-refractivity contribution in [1.29, 1.82) is 0 Å². The van der Waals surface area contributed by atoms with Gasteiger partial charge in [0, 0.05) is 44.3 Å². The number of nitrogens with one attached hydrogen (secondary N) is 1. The molecule has 0 aliphatic carbocycles. The number of hydrogen-bond acceptors (Lipinski definition) is 1. The summed E-state index contributed by atoms with van der Waals surface area (Å²) >= 11 is 0. The van der Waals surface area contributed by atoms with E-state index < -0.39 is 0 Å². The zero-order chi connectivity index (χ0) is 21.1. The minimum absolute atomic E-state index is 0.930. The number of benzene rings is 4. The number of fused-ring (bicyclic) bond motifs is 6. The van der Waals surface area contributed by atoms with Gasteiger partial charge in [0.2, 0.25) is 0 Å². The first-order valence-electron chi connectivity index (χ1n) is 10.8. The highest BCUT2D eigenvalue weighted by molar-refractivity contribution is 6.09. The van der Waals surface area contributed by atoms with E-state index in [1.54, 1.807) is 0 Å². The van der Waals surface area contributed by atoms with Crippen LogP contribution >= 0.6 is 0 Å². The zero-order valence-corrected chi connectivity index (χ0v) is 17.3. The number of aromatic amines is 1. The van der Waals surface area contributed by atoms with Gasteiger partial charge < -0.3 is 4.98 Å². The molecule has 7 rings (SSSR count). The van der Waals surface area contributed by atoms with Gasteiger partial charge in [0.05, 0.1) is 11.0 Å². The van der Waals surface area contributed by atoms with E-state index in [4.69, 9.17) is 4.98 Å². The van der Waals surface area contributed by atoms with Crippen molar-refractivity contribution >= 4 is 43.6 Å². The summed E-state index contributed by atoms with van der Waals surface area (Å²) in [5.74, 6) is 0.930. The Morgan fingerprint density at radius 3 is 1.88 bits per heavy atom. The average Bonchev–Trinajstić information content (AvgIpc) is 3.40. The van der Waals surface area contributed by atoms with E-state index in [1.165, 1.54) is 43.7 Å². The normalized spacial score (nSPS) is 11.8. The van der Waals surface area contributed by atoms with Crippen LogP contribution in [-0.2, 0) is 0 Å². The van der Waals surface area contributed by atoms with Crippen LogP contribution in [0, 0.1) is 0 Å². The summed E-state index contributed by atoms with van der Waals surface area (Å²) in [7, 11) is 0. The van der Waals surface area contributed by atoms with Crippen molar-refractivity contribution < 1.29 is 0 Å². The lowest BCUT2D eigenvalue weighted by molar-refractivity contribution is 1.08. The molecule has 3 heterocycles. The molecule has 0 fully saturated rings. The predicted molar refractivity (Wildman–Crippen MR) is 133 cm³/mol. The van der Waals surface area contributed by atoms with Crippen molar-refractivity contribution in [3.05, 3.63) is 109 Å². The molecule has 4 aromatic carbocycles. The van der Waals surface area contributed by atoms with Crippen molar-refractivity contribution in [1.82, 2.24) is 14.5 Å². The largest absolute Gasteiger partial charge is 0.355 e. The molecule has 0 bridgehead atoms. The summed E-state index contributed by atoms with van der Waals surface area (Å²) in [4.78, 5) is 8.38. The third-order valence-corrected chi connectivity index (χ3v) is 6.40. The lowest BCUT2D eigenvalue weighted by Crippen LogP contribution is -1.97. The zero-order valence-electron chi connectivity index (χ0n) is 17.3. The Kier molecular flexibility index (Phi) is 3.55. The molecule has 0 amide bonds. The Labute approximate surface area is 184 Å². The molecule has 32 heavy (non-hydrogen) atoms. The lowest BCUT2D eigenvalue weighted by atomic mass is 10.0. The van der Waals surface area contributed by atoms with Crippen molar-refractivity contribution in [3.8, 4) is 16.9 Å². The van der Waals surface area contributed by atoms with Gasteiger partial charge >= 0.3 is 0 Å². The molecule has 0 spiro atoms. The van der Waals surface area contributed by atoms with Crippen LogP contribution < -0.4 is 0 Å². The van der Waals surface area contributed by atoms with E-state index in [1.807, 2.05) is 6.20 Å². The van der Waals surface area contributed by atoms with Gasteiger partial charge in [-0.1, -0.05) is 60.7 Å². The SMILES string of the molecule is c1ccc2c(c1)[nH]c1ccc(-c3ccc(-n4c5ccccc5c5ccccc54)nc3)cc12. The molecule has 150 valence electrons. The molecule has 3 nitrogen and oxygen atoms in total. The highest BCUT2D eigenvalue weighted by Crippen LogP contribution is 2.33. The lowest BCUT2D eigenvalue weighted by Gasteiger charge is -2.08. The summed E-state index contributed by atoms with van der Waals surface area (Å²) in [6, 6.07) is 36.3. The predicted octanol–water partition coefficient (Wildman–Crippen LogP) is 7.48. The van der Waals surface area contributed by atoms with Gasteiger partial charge in [0.25, 0.3) is 0 Å². The van der Waals surface area contributed by atoms with Crippen LogP contribution in [0.15, 0.2) is 109 Å². The maximum atomic E-state index is 4.88. The van der Waals surface area contributed by atoms with Crippen LogP contribution in [0.5, 0.6) is 0 Å². The van der Waals surface area contributed by atoms with Gasteiger partial charge in [-0.25, -0.2) is 4.98 Å². The van der Waals surface area contributed by atoms with Gasteiger partial charge in [-0.3, -0.25) is 4.57 Å². The molecular weight excluding hydrogens is 390 g/mol. The van der Waals surface area contributed by atoms with E-state index in [9.17, 15) is 0 Å². The van der Waals surface area contributed by atoms with Crippen LogP contribution in [0.2, 0.25) is 0 Å². The van der Waals surface area contributed by atoms with Crippen LogP contribution in [0.25, 0.3) is 60.6 Å². The molecule has 0 atom stereocenters. The Bertz CT molecular complexity index is 1710. The van der Waals surface area contributed by atoms with E-state index in [-0.39, 0.29) is 0 Å². The molecular formula is C29H19N3. The number of pyridine rings is 1. The second-order valence-corrected chi connectivity index (χ2v) is 8.21. The summed E-state index contributed by atoms with van der Waals surface area (Å²) in [5.41, 5.74) is 6.96. The van der Waals surface area contributed by atoms with Crippen LogP contribution in [-0.4, -0.2) is 14.5 Å². The standard InChI is InChI=1S/C29H19N3/c1-4-10-25-21(7-1)24-17-19(13-15-26(24)31-25)20-14-16-29(30-18-20)32-27-11-5-2-8-22(27)23-9-3-6-12-28(23)32/h1-18,31H. The summed E-state index contributed by atoms with van der Waals surface area (Å²) in [5, 5.41) is 4.99. The second kappa shape index (κ2) is 6.56. The molecule has 0 aliphatic rings. The fourth-order valence-electron chi connectivity index (χ4n) is 4.89. The monoisotopic (exact) mass is 409 g/mol. The summed E-state index contributed by atoms with van der Waals surface area (Å²) < 4.78 is 2.25. The van der Waals surface area contributed by atoms with E-state index >= 15 is 0 Å². The van der Waals surface area contributed by atoms with Gasteiger partial charge in [0.1, 0.15) is 5.82 Å². The maximum absolute atomic E-state index is 4.88. The first kappa shape index (κ1) is 17.3. The first-order valence-corrected chi connectivity index (χ1v) is 10.8. The Hall–Kier alpha value is -4.37. The highest BCUT2D eigenvalue weighted by atomic mass is 15.1. The van der Waals surface area contributed by atoms with Crippen molar-refractivity contribution in [3.63, 3.8) is 0 Å². The fourth-order valence-corrected chi connectivity index (χ4v) is 4.89. The minimum Gasteiger partial charge on any atom is -0.355 e. The van der Waals surface area contributed by atoms with E-state index in [0.29, 0.717) is 0 Å². The highest BCUT2D eigenvalue weighted by Gasteiger charge is 2.12. The molecule has 0 saturated heterocycles. The smallest absolute Gasteiger partial charge is 0.137 e. The number of hydrogen-bond donors (Lipinski definition) is 1. The molecule has 0 saturated carbocycles. The molecule has 0 unspecified atom stereocenters. The van der Waals surface area contributed by atoms with Gasteiger partial charge in [0.15, 0.2) is 0 Å². The molecule has 1 N–H and O–H groups in total. The topological polar surface area (TPSA) is 33.6 Å². The number of H-pyrrole nitrogens is 1. The van der Waals surface area contributed by atoms with Crippen LogP contribution in [0.4, 0.5) is 0 Å². The maximum Gasteiger partial charge on any atom is 0.137 e. The number of para-hydroxylation sites is 3. The molecule has 7 aromatic rings. The molecule has 3 aromatic heterocycles. The number of rotatable bonds is 2. The average molecular weight is 409 g/mol. The van der Waals surface area contributed by atoms with Crippen LogP contribution in [0.1, 0.15) is 0 Å². The van der Waals surface area contributed by atoms with E-state index in [2.05, 4.69) is 113 Å². The van der Waals surface area contributed by atoms with Gasteiger partial charge in [-0.05, 0) is 48.0 Å². The van der Waals surface area contributed by atoms with Crippen molar-refractivity contribution in [2.45, 2.75) is 0 Å². The fraction of sp³-hybridized carbons (Fsp3) is 0. The molecule has 0 radical (unpaired) electrons. The van der Waals surface area contributed by atoms with Crippen molar-refractivity contribution in [2.75, 3.05) is 0 Å². The van der Waals surface area contributed by atoms with E-state index in [0.717, 1.165) is 16.9 Å². The Morgan fingerprint density at radius 2 is 1.16 bits per heavy atom. The third kappa shape index (κ3) is 2.45. The quantitative estimate of drug-likeness (QED) is 0.315. The first-order chi connectivity index (χ1) is 15.9. The second-order valence-electron chi connectivity index (χ2n) is 8.21. The molecule has 0 aliphatic heterocycles. The van der Waals surface area contributed by atoms with Gasteiger partial charge in [-0.15, -0.1) is 0 Å². The number of aromatic nitrogens is 3. The summed E-state index contributed by atoms with van der Waals surface area (Å²) in [6.07, 6.45) is 1.98. The number of nitrogens with zero attached hydrogens (tertiary/aromatic N) is 2. The minimum atomic E-state index is 0.930.